The Balaban J connectivity index is 1.99. The maximum absolute atomic E-state index is 3.73. The van der Waals surface area contributed by atoms with Crippen LogP contribution >= 0.6 is 11.8 Å². The number of thioether (sulfide) groups is 1. The van der Waals surface area contributed by atoms with Gasteiger partial charge in [0.25, 0.3) is 0 Å². The first-order chi connectivity index (χ1) is 9.22. The lowest BCUT2D eigenvalue weighted by Gasteiger charge is -2.25. The van der Waals surface area contributed by atoms with Gasteiger partial charge < -0.3 is 5.32 Å². The summed E-state index contributed by atoms with van der Waals surface area (Å²) in [6, 6.07) is 9.61. The average molecular weight is 277 g/mol. The molecule has 2 rings (SSSR count). The van der Waals surface area contributed by atoms with Gasteiger partial charge in [0.05, 0.1) is 0 Å². The van der Waals surface area contributed by atoms with E-state index in [-0.39, 0.29) is 0 Å². The number of benzene rings is 1. The minimum atomic E-state index is 0.653. The monoisotopic (exact) mass is 277 g/mol. The van der Waals surface area contributed by atoms with Crippen LogP contribution in [0.3, 0.4) is 0 Å². The topological polar surface area (TPSA) is 12.0 Å². The van der Waals surface area contributed by atoms with Crippen molar-refractivity contribution in [1.29, 1.82) is 0 Å². The van der Waals surface area contributed by atoms with Crippen molar-refractivity contribution in [2.24, 2.45) is 5.92 Å². The zero-order valence-corrected chi connectivity index (χ0v) is 13.3. The smallest absolute Gasteiger partial charge is 0.0144 e. The molecule has 0 fully saturated rings. The number of hydrogen-bond donors (Lipinski definition) is 1. The highest BCUT2D eigenvalue weighted by atomic mass is 32.2. The minimum Gasteiger partial charge on any atom is -0.314 e. The molecule has 1 aromatic carbocycles. The summed E-state index contributed by atoms with van der Waals surface area (Å²) >= 11 is 2.03. The third kappa shape index (κ3) is 4.00. The van der Waals surface area contributed by atoms with E-state index in [2.05, 4.69) is 50.4 Å². The van der Waals surface area contributed by atoms with Gasteiger partial charge in [-0.2, -0.15) is 0 Å². The molecule has 0 saturated carbocycles. The molecule has 1 aliphatic heterocycles. The Bertz CT molecular complexity index is 389. The van der Waals surface area contributed by atoms with Crippen LogP contribution in [-0.4, -0.2) is 18.3 Å². The highest BCUT2D eigenvalue weighted by molar-refractivity contribution is 7.99. The van der Waals surface area contributed by atoms with Crippen LogP contribution in [0.25, 0.3) is 0 Å². The molecule has 1 heterocycles. The molecule has 0 aromatic heterocycles. The molecular weight excluding hydrogens is 250 g/mol. The van der Waals surface area contributed by atoms with E-state index >= 15 is 0 Å². The van der Waals surface area contributed by atoms with Crippen LogP contribution in [0.15, 0.2) is 29.2 Å². The molecule has 2 heteroatoms. The van der Waals surface area contributed by atoms with E-state index in [0.717, 1.165) is 12.5 Å². The first-order valence-electron chi connectivity index (χ1n) is 7.67. The van der Waals surface area contributed by atoms with Crippen LogP contribution in [0.1, 0.15) is 51.5 Å². The Morgan fingerprint density at radius 1 is 1.26 bits per heavy atom. The van der Waals surface area contributed by atoms with E-state index in [0.29, 0.717) is 12.0 Å². The lowest BCUT2D eigenvalue weighted by Crippen LogP contribution is -2.35. The van der Waals surface area contributed by atoms with Crippen LogP contribution in [0.2, 0.25) is 0 Å². The zero-order valence-electron chi connectivity index (χ0n) is 12.5. The van der Waals surface area contributed by atoms with Crippen LogP contribution in [0, 0.1) is 5.92 Å². The van der Waals surface area contributed by atoms with Gasteiger partial charge >= 0.3 is 0 Å². The molecule has 2 unspecified atom stereocenters. The van der Waals surface area contributed by atoms with Crippen LogP contribution in [-0.2, 0) is 0 Å². The summed E-state index contributed by atoms with van der Waals surface area (Å²) < 4.78 is 0. The predicted molar refractivity (Wildman–Crippen MR) is 86.1 cm³/mol. The van der Waals surface area contributed by atoms with Gasteiger partial charge in [-0.3, -0.25) is 0 Å². The van der Waals surface area contributed by atoms with Gasteiger partial charge in [-0.25, -0.2) is 0 Å². The largest absolute Gasteiger partial charge is 0.314 e. The molecule has 19 heavy (non-hydrogen) atoms. The Hall–Kier alpha value is -0.470. The van der Waals surface area contributed by atoms with Gasteiger partial charge in [0.1, 0.15) is 0 Å². The van der Waals surface area contributed by atoms with E-state index in [9.17, 15) is 0 Å². The van der Waals surface area contributed by atoms with Gasteiger partial charge in [0.15, 0.2) is 0 Å². The third-order valence-corrected chi connectivity index (χ3v) is 5.19. The molecule has 1 N–H and O–H groups in total. The van der Waals surface area contributed by atoms with Crippen molar-refractivity contribution in [1.82, 2.24) is 5.32 Å². The number of likely N-dealkylation sites (N-methyl/N-ethyl adjacent to an activating group) is 1. The van der Waals surface area contributed by atoms with Crippen molar-refractivity contribution in [3.05, 3.63) is 29.8 Å². The quantitative estimate of drug-likeness (QED) is 0.776. The van der Waals surface area contributed by atoms with Gasteiger partial charge in [0, 0.05) is 22.6 Å². The minimum absolute atomic E-state index is 0.653. The van der Waals surface area contributed by atoms with Gasteiger partial charge in [-0.1, -0.05) is 51.8 Å². The third-order valence-electron chi connectivity index (χ3n) is 3.99. The Labute approximate surface area is 122 Å². The Morgan fingerprint density at radius 3 is 2.79 bits per heavy atom. The second-order valence-corrected chi connectivity index (χ2v) is 7.01. The lowest BCUT2D eigenvalue weighted by atomic mass is 9.89. The van der Waals surface area contributed by atoms with E-state index < -0.39 is 0 Å². The van der Waals surface area contributed by atoms with E-state index in [1.807, 2.05) is 11.8 Å². The van der Waals surface area contributed by atoms with Gasteiger partial charge in [-0.15, -0.1) is 11.8 Å². The summed E-state index contributed by atoms with van der Waals surface area (Å²) in [5, 5.41) is 3.73. The summed E-state index contributed by atoms with van der Waals surface area (Å²) in [5.74, 6) is 2.78. The summed E-state index contributed by atoms with van der Waals surface area (Å²) in [6.45, 7) is 7.95. The molecule has 0 spiro atoms. The molecule has 0 bridgehead atoms. The molecule has 0 aliphatic carbocycles. The standard InChI is InChI=1S/C17H27NS/c1-4-18-16(10-7-8-13(2)3)15-12-19-17-11-6-5-9-14(15)17/h5-6,9,11,13,15-16,18H,4,7-8,10,12H2,1-3H3. The number of nitrogens with one attached hydrogen (secondary N) is 1. The number of fused-ring (bicyclic) bond motifs is 1. The molecule has 1 aromatic rings. The maximum Gasteiger partial charge on any atom is 0.0144 e. The van der Waals surface area contributed by atoms with Crippen LogP contribution in [0.4, 0.5) is 0 Å². The van der Waals surface area contributed by atoms with E-state index in [4.69, 9.17) is 0 Å². The normalized spacial score (nSPS) is 19.7. The van der Waals surface area contributed by atoms with Crippen molar-refractivity contribution in [2.45, 2.75) is 56.9 Å². The molecule has 0 radical (unpaired) electrons. The molecule has 0 saturated heterocycles. The first-order valence-corrected chi connectivity index (χ1v) is 8.66. The summed E-state index contributed by atoms with van der Waals surface area (Å²) in [5.41, 5.74) is 1.57. The van der Waals surface area contributed by atoms with E-state index in [1.54, 1.807) is 5.56 Å². The first kappa shape index (κ1) is 14.9. The van der Waals surface area contributed by atoms with Crippen LogP contribution < -0.4 is 5.32 Å². The average Bonchev–Trinajstić information content (AvgIpc) is 2.81. The summed E-state index contributed by atoms with van der Waals surface area (Å²) in [6.07, 6.45) is 4.01. The van der Waals surface area contributed by atoms with Crippen LogP contribution in [0.5, 0.6) is 0 Å². The van der Waals surface area contributed by atoms with E-state index in [1.165, 1.54) is 29.9 Å². The fourth-order valence-electron chi connectivity index (χ4n) is 2.97. The molecule has 1 nitrogen and oxygen atoms in total. The van der Waals surface area contributed by atoms with Crippen molar-refractivity contribution >= 4 is 11.8 Å². The number of hydrogen-bond acceptors (Lipinski definition) is 2. The Morgan fingerprint density at radius 2 is 2.05 bits per heavy atom. The second-order valence-electron chi connectivity index (χ2n) is 5.94. The SMILES string of the molecule is CCNC(CCCC(C)C)C1CSc2ccccc21. The van der Waals surface area contributed by atoms with Gasteiger partial charge in [-0.05, 0) is 30.5 Å². The molecular formula is C17H27NS. The molecule has 2 atom stereocenters. The van der Waals surface area contributed by atoms with Crippen molar-refractivity contribution in [3.8, 4) is 0 Å². The molecule has 0 amide bonds. The van der Waals surface area contributed by atoms with Crippen molar-refractivity contribution in [3.63, 3.8) is 0 Å². The highest BCUT2D eigenvalue weighted by Crippen LogP contribution is 2.41. The number of rotatable bonds is 7. The van der Waals surface area contributed by atoms with Gasteiger partial charge in [0.2, 0.25) is 0 Å². The zero-order chi connectivity index (χ0) is 13.7. The van der Waals surface area contributed by atoms with Crippen molar-refractivity contribution in [2.75, 3.05) is 12.3 Å². The Kier molecular flexibility index (Phi) is 5.77. The second kappa shape index (κ2) is 7.35. The maximum atomic E-state index is 3.73. The lowest BCUT2D eigenvalue weighted by molar-refractivity contribution is 0.406. The summed E-state index contributed by atoms with van der Waals surface area (Å²) in [7, 11) is 0. The predicted octanol–water partition coefficient (Wildman–Crippen LogP) is 4.68. The summed E-state index contributed by atoms with van der Waals surface area (Å²) in [4.78, 5) is 1.50. The fourth-order valence-corrected chi connectivity index (χ4v) is 4.31. The molecule has 1 aliphatic rings. The highest BCUT2D eigenvalue weighted by Gasteiger charge is 2.29. The molecule has 106 valence electrons. The fraction of sp³-hybridized carbons (Fsp3) is 0.647. The van der Waals surface area contributed by atoms with Crippen molar-refractivity contribution < 1.29 is 0 Å².